The van der Waals surface area contributed by atoms with Gasteiger partial charge in [0.25, 0.3) is 6.29 Å². The molecule has 0 radical (unpaired) electrons. The Bertz CT molecular complexity index is 1300. The summed E-state index contributed by atoms with van der Waals surface area (Å²) in [7, 11) is 4.65. The van der Waals surface area contributed by atoms with Gasteiger partial charge in [-0.25, -0.2) is 4.68 Å². The molecule has 1 aliphatic heterocycles. The number of hydrogen-bond acceptors (Lipinski definition) is 8. The van der Waals surface area contributed by atoms with Crippen LogP contribution in [0.1, 0.15) is 12.5 Å². The lowest BCUT2D eigenvalue weighted by molar-refractivity contribution is -0.360. The number of alkyl halides is 5. The summed E-state index contributed by atoms with van der Waals surface area (Å²) in [5, 5.41) is 8.48. The molecule has 222 valence electrons. The number of oxime groups is 1. The fourth-order valence-corrected chi connectivity index (χ4v) is 4.29. The number of rotatable bonds is 10. The largest absolute Gasteiger partial charge is 0.499 e. The zero-order valence-corrected chi connectivity index (χ0v) is 22.4. The number of hydrogen-bond donors (Lipinski definition) is 0. The van der Waals surface area contributed by atoms with E-state index in [1.54, 1.807) is 38.6 Å². The van der Waals surface area contributed by atoms with Gasteiger partial charge in [0, 0.05) is 33.1 Å². The number of nitrogens with zero attached hydrogens (tertiary/aromatic N) is 3. The molecular weight excluding hydrogens is 557 g/mol. The fourth-order valence-electron chi connectivity index (χ4n) is 4.29. The highest BCUT2D eigenvalue weighted by Crippen LogP contribution is 2.37. The molecule has 0 unspecified atom stereocenters. The smallest absolute Gasteiger partial charge is 0.426 e. The Morgan fingerprint density at radius 3 is 2.07 bits per heavy atom. The van der Waals surface area contributed by atoms with Gasteiger partial charge in [0.05, 0.1) is 23.7 Å². The molecule has 0 amide bonds. The second-order valence-corrected chi connectivity index (χ2v) is 9.03. The van der Waals surface area contributed by atoms with Crippen LogP contribution in [-0.4, -0.2) is 80.3 Å². The lowest BCUT2D eigenvalue weighted by atomic mass is 9.99. The summed E-state index contributed by atoms with van der Waals surface area (Å²) in [6.45, 7) is 1.84. The van der Waals surface area contributed by atoms with E-state index in [2.05, 4.69) is 15.0 Å². The Balaban J connectivity index is 1.38. The van der Waals surface area contributed by atoms with Gasteiger partial charge in [0.15, 0.2) is 6.10 Å². The molecule has 9 nitrogen and oxygen atoms in total. The summed E-state index contributed by atoms with van der Waals surface area (Å²) in [6, 6.07) is 13.6. The van der Waals surface area contributed by atoms with Crippen LogP contribution in [0.3, 0.4) is 0 Å². The van der Waals surface area contributed by atoms with Crippen molar-refractivity contribution in [2.75, 3.05) is 21.3 Å². The third-order valence-corrected chi connectivity index (χ3v) is 6.38. The molecule has 0 N–H and O–H groups in total. The van der Waals surface area contributed by atoms with Gasteiger partial charge in [-0.15, -0.1) is 0 Å². The molecule has 1 aromatic heterocycles. The third kappa shape index (κ3) is 6.84. The molecule has 0 aliphatic carbocycles. The van der Waals surface area contributed by atoms with E-state index in [0.717, 1.165) is 23.3 Å². The SMILES string of the molecule is CO[C@@H]1[C@@H](OC)[C@H](C)O[C@@H](O/N=C/c2ccc(-c3ccn(-c4ccc(OC(F)(F)C(F)(F)F)cc4)n3)cc2)[C@@H]1OC. The molecule has 1 aliphatic rings. The zero-order valence-electron chi connectivity index (χ0n) is 22.4. The molecule has 41 heavy (non-hydrogen) atoms. The quantitative estimate of drug-likeness (QED) is 0.183. The van der Waals surface area contributed by atoms with E-state index in [-0.39, 0.29) is 12.2 Å². The van der Waals surface area contributed by atoms with Gasteiger partial charge in [-0.2, -0.15) is 27.1 Å². The van der Waals surface area contributed by atoms with Crippen LogP contribution in [0.25, 0.3) is 16.9 Å². The minimum Gasteiger partial charge on any atom is -0.426 e. The van der Waals surface area contributed by atoms with Crippen LogP contribution >= 0.6 is 0 Å². The third-order valence-electron chi connectivity index (χ3n) is 6.38. The molecule has 4 rings (SSSR count). The van der Waals surface area contributed by atoms with Crippen LogP contribution in [-0.2, 0) is 23.8 Å². The molecule has 5 atom stereocenters. The minimum atomic E-state index is -5.82. The van der Waals surface area contributed by atoms with Crippen molar-refractivity contribution in [3.63, 3.8) is 0 Å². The Labute approximate surface area is 232 Å². The Morgan fingerprint density at radius 2 is 1.49 bits per heavy atom. The van der Waals surface area contributed by atoms with Crippen molar-refractivity contribution in [3.8, 4) is 22.7 Å². The van der Waals surface area contributed by atoms with Crippen LogP contribution in [0.5, 0.6) is 5.75 Å². The number of benzene rings is 2. The van der Waals surface area contributed by atoms with Gasteiger partial charge < -0.3 is 28.5 Å². The molecule has 2 aromatic carbocycles. The van der Waals surface area contributed by atoms with E-state index < -0.39 is 36.5 Å². The van der Waals surface area contributed by atoms with Crippen LogP contribution in [0.2, 0.25) is 0 Å². The molecule has 0 spiro atoms. The summed E-state index contributed by atoms with van der Waals surface area (Å²) < 4.78 is 90.9. The van der Waals surface area contributed by atoms with Crippen LogP contribution < -0.4 is 4.74 Å². The number of halogens is 5. The average Bonchev–Trinajstić information content (AvgIpc) is 3.43. The van der Waals surface area contributed by atoms with E-state index in [1.807, 2.05) is 19.1 Å². The number of methoxy groups -OCH3 is 3. The highest BCUT2D eigenvalue weighted by atomic mass is 19.4. The maximum Gasteiger partial charge on any atom is 0.499 e. The van der Waals surface area contributed by atoms with Gasteiger partial charge in [-0.1, -0.05) is 29.4 Å². The van der Waals surface area contributed by atoms with Crippen molar-refractivity contribution in [2.45, 2.75) is 49.9 Å². The molecule has 1 fully saturated rings. The van der Waals surface area contributed by atoms with Gasteiger partial charge in [0.2, 0.25) is 0 Å². The van der Waals surface area contributed by atoms with E-state index in [0.29, 0.717) is 11.4 Å². The Kier molecular flexibility index (Phi) is 9.27. The van der Waals surface area contributed by atoms with E-state index in [4.69, 9.17) is 23.8 Å². The second kappa shape index (κ2) is 12.5. The van der Waals surface area contributed by atoms with Crippen molar-refractivity contribution in [1.82, 2.24) is 9.78 Å². The topological polar surface area (TPSA) is 85.6 Å². The van der Waals surface area contributed by atoms with Crippen molar-refractivity contribution < 1.29 is 50.5 Å². The van der Waals surface area contributed by atoms with Crippen LogP contribution in [0.15, 0.2) is 65.9 Å². The van der Waals surface area contributed by atoms with E-state index >= 15 is 0 Å². The summed E-state index contributed by atoms with van der Waals surface area (Å²) in [5.74, 6) is -0.635. The predicted octanol–water partition coefficient (Wildman–Crippen LogP) is 5.21. The lowest BCUT2D eigenvalue weighted by Gasteiger charge is -2.42. The maximum absolute atomic E-state index is 13.1. The first-order valence-corrected chi connectivity index (χ1v) is 12.3. The van der Waals surface area contributed by atoms with Crippen LogP contribution in [0.4, 0.5) is 22.0 Å². The van der Waals surface area contributed by atoms with Gasteiger partial charge in [-0.3, -0.25) is 0 Å². The monoisotopic (exact) mass is 585 g/mol. The van der Waals surface area contributed by atoms with E-state index in [1.165, 1.54) is 30.1 Å². The lowest BCUT2D eigenvalue weighted by Crippen LogP contribution is -2.59. The van der Waals surface area contributed by atoms with Crippen LogP contribution in [0, 0.1) is 0 Å². The van der Waals surface area contributed by atoms with Gasteiger partial charge >= 0.3 is 12.3 Å². The minimum absolute atomic E-state index is 0.318. The van der Waals surface area contributed by atoms with Gasteiger partial charge in [0.1, 0.15) is 18.0 Å². The molecule has 14 heteroatoms. The van der Waals surface area contributed by atoms with Crippen molar-refractivity contribution >= 4 is 6.21 Å². The summed E-state index contributed by atoms with van der Waals surface area (Å²) >= 11 is 0. The normalized spacial score (nSPS) is 23.6. The first-order valence-electron chi connectivity index (χ1n) is 12.3. The molecule has 0 bridgehead atoms. The zero-order chi connectivity index (χ0) is 29.8. The Hall–Kier alpha value is -3.59. The number of ether oxygens (including phenoxy) is 5. The summed E-state index contributed by atoms with van der Waals surface area (Å²) in [5.41, 5.74) is 2.53. The average molecular weight is 586 g/mol. The molecule has 0 saturated carbocycles. The van der Waals surface area contributed by atoms with Crippen molar-refractivity contribution in [1.29, 1.82) is 0 Å². The highest BCUT2D eigenvalue weighted by molar-refractivity contribution is 5.80. The molecule has 3 aromatic rings. The second-order valence-electron chi connectivity index (χ2n) is 9.03. The van der Waals surface area contributed by atoms with Crippen molar-refractivity contribution in [2.24, 2.45) is 5.16 Å². The molecule has 2 heterocycles. The molecular formula is C27H28F5N3O6. The first-order chi connectivity index (χ1) is 19.5. The summed E-state index contributed by atoms with van der Waals surface area (Å²) in [6.07, 6.45) is -10.4. The Morgan fingerprint density at radius 1 is 0.854 bits per heavy atom. The standard InChI is InChI=1S/C27H28F5N3O6/c1-16-22(36-2)23(37-3)24(38-4)25(39-16)41-33-15-17-5-7-18(8-6-17)21-13-14-35(34-21)19-9-11-20(12-10-19)40-27(31,32)26(28,29)30/h5-16,22-25H,1-4H3/b33-15+/t16-,22-,23+,24+,25-/m0/s1. The maximum atomic E-state index is 13.1. The van der Waals surface area contributed by atoms with Crippen molar-refractivity contribution in [3.05, 3.63) is 66.4 Å². The van der Waals surface area contributed by atoms with E-state index in [9.17, 15) is 22.0 Å². The fraction of sp³-hybridized carbons (Fsp3) is 0.407. The van der Waals surface area contributed by atoms with Gasteiger partial charge in [-0.05, 0) is 42.8 Å². The predicted molar refractivity (Wildman–Crippen MR) is 136 cm³/mol. The summed E-state index contributed by atoms with van der Waals surface area (Å²) in [4.78, 5) is 5.57. The highest BCUT2D eigenvalue weighted by Gasteiger charge is 2.61. The number of aromatic nitrogens is 2. The molecule has 1 saturated heterocycles. The first kappa shape index (κ1) is 30.4.